The van der Waals surface area contributed by atoms with E-state index in [-0.39, 0.29) is 22.9 Å². The zero-order valence-electron chi connectivity index (χ0n) is 16.0. The standard InChI is InChI=1S/C20H26N2O3S2/c1-15-7-4-5-13-22(15)27(24,25)18-11-9-17(10-12-18)20(23)21(3)16(2)19-8-6-14-26-19/h6,8-12,14-16H,4-5,7,13H2,1-3H3/t15-,16+/m1/s1. The van der Waals surface area contributed by atoms with Gasteiger partial charge in [-0.3, -0.25) is 4.79 Å². The molecule has 1 amide bonds. The van der Waals surface area contributed by atoms with Gasteiger partial charge in [0.15, 0.2) is 0 Å². The molecule has 1 aliphatic rings. The van der Waals surface area contributed by atoms with Gasteiger partial charge in [-0.2, -0.15) is 4.31 Å². The number of nitrogens with zero attached hydrogens (tertiary/aromatic N) is 2. The van der Waals surface area contributed by atoms with Gasteiger partial charge in [0.1, 0.15) is 0 Å². The van der Waals surface area contributed by atoms with Crippen molar-refractivity contribution in [1.82, 2.24) is 9.21 Å². The van der Waals surface area contributed by atoms with Crippen molar-refractivity contribution in [2.24, 2.45) is 0 Å². The van der Waals surface area contributed by atoms with E-state index in [2.05, 4.69) is 0 Å². The second-order valence-corrected chi connectivity index (χ2v) is 9.96. The predicted molar refractivity (Wildman–Crippen MR) is 108 cm³/mol. The van der Waals surface area contributed by atoms with Crippen LogP contribution in [0.25, 0.3) is 0 Å². The van der Waals surface area contributed by atoms with Crippen LogP contribution in [0.1, 0.15) is 54.4 Å². The molecule has 0 aliphatic carbocycles. The molecule has 2 heterocycles. The van der Waals surface area contributed by atoms with E-state index < -0.39 is 10.0 Å². The molecule has 1 aromatic carbocycles. The Morgan fingerprint density at radius 1 is 1.22 bits per heavy atom. The Hall–Kier alpha value is -1.70. The molecule has 1 fully saturated rings. The van der Waals surface area contributed by atoms with Gasteiger partial charge < -0.3 is 4.90 Å². The summed E-state index contributed by atoms with van der Waals surface area (Å²) in [6.45, 7) is 4.50. The van der Waals surface area contributed by atoms with Crippen molar-refractivity contribution in [3.05, 3.63) is 52.2 Å². The van der Waals surface area contributed by atoms with E-state index in [0.717, 1.165) is 24.1 Å². The Kier molecular flexibility index (Phi) is 6.03. The quantitative estimate of drug-likeness (QED) is 0.750. The van der Waals surface area contributed by atoms with Crippen molar-refractivity contribution in [2.75, 3.05) is 13.6 Å². The highest BCUT2D eigenvalue weighted by molar-refractivity contribution is 7.89. The van der Waals surface area contributed by atoms with E-state index >= 15 is 0 Å². The van der Waals surface area contributed by atoms with E-state index in [1.165, 1.54) is 0 Å². The molecule has 27 heavy (non-hydrogen) atoms. The zero-order chi connectivity index (χ0) is 19.6. The SMILES string of the molecule is C[C@@H]1CCCCN1S(=O)(=O)c1ccc(C(=O)N(C)[C@@H](C)c2cccs2)cc1. The van der Waals surface area contributed by atoms with Crippen LogP contribution in [0.2, 0.25) is 0 Å². The number of carbonyl (C=O) groups is 1. The molecule has 0 bridgehead atoms. The minimum atomic E-state index is -3.52. The fraction of sp³-hybridized carbons (Fsp3) is 0.450. The summed E-state index contributed by atoms with van der Waals surface area (Å²) in [7, 11) is -1.75. The summed E-state index contributed by atoms with van der Waals surface area (Å²) in [5, 5.41) is 1.99. The fourth-order valence-corrected chi connectivity index (χ4v) is 5.96. The lowest BCUT2D eigenvalue weighted by Gasteiger charge is -2.32. The second-order valence-electron chi connectivity index (χ2n) is 7.09. The van der Waals surface area contributed by atoms with Gasteiger partial charge in [0.05, 0.1) is 10.9 Å². The van der Waals surface area contributed by atoms with E-state index in [0.29, 0.717) is 12.1 Å². The summed E-state index contributed by atoms with van der Waals surface area (Å²) in [6, 6.07) is 10.3. The van der Waals surface area contributed by atoms with Crippen molar-refractivity contribution >= 4 is 27.3 Å². The van der Waals surface area contributed by atoms with E-state index in [9.17, 15) is 13.2 Å². The zero-order valence-corrected chi connectivity index (χ0v) is 17.6. The third kappa shape index (κ3) is 4.10. The summed E-state index contributed by atoms with van der Waals surface area (Å²) < 4.78 is 27.4. The summed E-state index contributed by atoms with van der Waals surface area (Å²) in [5.74, 6) is -0.119. The normalized spacial score (nSPS) is 19.6. The molecule has 0 saturated carbocycles. The third-order valence-electron chi connectivity index (χ3n) is 5.31. The molecule has 2 atom stereocenters. The Morgan fingerprint density at radius 3 is 2.52 bits per heavy atom. The lowest BCUT2D eigenvalue weighted by atomic mass is 10.1. The van der Waals surface area contributed by atoms with Gasteiger partial charge in [-0.1, -0.05) is 12.5 Å². The van der Waals surface area contributed by atoms with Gasteiger partial charge in [-0.15, -0.1) is 11.3 Å². The van der Waals surface area contributed by atoms with Gasteiger partial charge in [0.25, 0.3) is 5.91 Å². The number of thiophene rings is 1. The molecule has 2 aromatic rings. The number of carbonyl (C=O) groups excluding carboxylic acids is 1. The molecule has 7 heteroatoms. The fourth-order valence-electron chi connectivity index (χ4n) is 3.43. The Morgan fingerprint density at radius 2 is 1.93 bits per heavy atom. The van der Waals surface area contributed by atoms with E-state index in [1.807, 2.05) is 31.4 Å². The molecule has 1 aromatic heterocycles. The van der Waals surface area contributed by atoms with Crippen molar-refractivity contribution in [3.63, 3.8) is 0 Å². The molecule has 0 N–H and O–H groups in total. The van der Waals surface area contributed by atoms with Gasteiger partial charge in [-0.05, 0) is 62.4 Å². The molecule has 0 spiro atoms. The first-order chi connectivity index (χ1) is 12.8. The summed E-state index contributed by atoms with van der Waals surface area (Å²) in [5.41, 5.74) is 0.492. The Balaban J connectivity index is 1.77. The molecule has 5 nitrogen and oxygen atoms in total. The van der Waals surface area contributed by atoms with E-state index in [4.69, 9.17) is 0 Å². The monoisotopic (exact) mass is 406 g/mol. The molecular weight excluding hydrogens is 380 g/mol. The number of hydrogen-bond acceptors (Lipinski definition) is 4. The number of benzene rings is 1. The first-order valence-corrected chi connectivity index (χ1v) is 11.6. The van der Waals surface area contributed by atoms with Crippen LogP contribution in [0, 0.1) is 0 Å². The third-order valence-corrected chi connectivity index (χ3v) is 8.38. The van der Waals surface area contributed by atoms with Crippen molar-refractivity contribution in [2.45, 2.75) is 50.1 Å². The average Bonchev–Trinajstić information content (AvgIpc) is 3.21. The summed E-state index contributed by atoms with van der Waals surface area (Å²) in [6.07, 6.45) is 2.85. The van der Waals surface area contributed by atoms with Crippen LogP contribution < -0.4 is 0 Å². The van der Waals surface area contributed by atoms with Gasteiger partial charge in [0, 0.05) is 30.1 Å². The van der Waals surface area contributed by atoms with Crippen LogP contribution in [0.5, 0.6) is 0 Å². The Bertz CT molecular complexity index is 876. The topological polar surface area (TPSA) is 57.7 Å². The summed E-state index contributed by atoms with van der Waals surface area (Å²) in [4.78, 5) is 15.8. The maximum atomic E-state index is 12.9. The van der Waals surface area contributed by atoms with Crippen molar-refractivity contribution < 1.29 is 13.2 Å². The van der Waals surface area contributed by atoms with E-state index in [1.54, 1.807) is 51.9 Å². The second kappa shape index (κ2) is 8.12. The highest BCUT2D eigenvalue weighted by Crippen LogP contribution is 2.27. The molecule has 0 unspecified atom stereocenters. The molecule has 146 valence electrons. The first-order valence-electron chi connectivity index (χ1n) is 9.25. The predicted octanol–water partition coefficient (Wildman–Crippen LogP) is 4.14. The van der Waals surface area contributed by atoms with Crippen LogP contribution in [-0.2, 0) is 10.0 Å². The molecule has 3 rings (SSSR count). The number of piperidine rings is 1. The van der Waals surface area contributed by atoms with Crippen LogP contribution in [-0.4, -0.2) is 43.2 Å². The van der Waals surface area contributed by atoms with Gasteiger partial charge in [0.2, 0.25) is 10.0 Å². The molecular formula is C20H26N2O3S2. The first kappa shape index (κ1) is 20.0. The van der Waals surface area contributed by atoms with Gasteiger partial charge in [-0.25, -0.2) is 8.42 Å². The minimum Gasteiger partial charge on any atom is -0.334 e. The Labute approximate surface area is 165 Å². The molecule has 0 radical (unpaired) electrons. The number of hydrogen-bond donors (Lipinski definition) is 0. The lowest BCUT2D eigenvalue weighted by molar-refractivity contribution is 0.0745. The summed E-state index contributed by atoms with van der Waals surface area (Å²) >= 11 is 1.62. The van der Waals surface area contributed by atoms with Crippen molar-refractivity contribution in [3.8, 4) is 0 Å². The number of amides is 1. The minimum absolute atomic E-state index is 0.0165. The maximum Gasteiger partial charge on any atom is 0.254 e. The number of rotatable bonds is 5. The molecule has 1 aliphatic heterocycles. The number of sulfonamides is 1. The average molecular weight is 407 g/mol. The van der Waals surface area contributed by atoms with Crippen LogP contribution in [0.15, 0.2) is 46.7 Å². The lowest BCUT2D eigenvalue weighted by Crippen LogP contribution is -2.41. The smallest absolute Gasteiger partial charge is 0.254 e. The molecule has 1 saturated heterocycles. The maximum absolute atomic E-state index is 12.9. The highest BCUT2D eigenvalue weighted by Gasteiger charge is 2.31. The van der Waals surface area contributed by atoms with Gasteiger partial charge >= 0.3 is 0 Å². The van der Waals surface area contributed by atoms with Crippen LogP contribution in [0.4, 0.5) is 0 Å². The van der Waals surface area contributed by atoms with Crippen LogP contribution >= 0.6 is 11.3 Å². The van der Waals surface area contributed by atoms with Crippen LogP contribution in [0.3, 0.4) is 0 Å². The van der Waals surface area contributed by atoms with Crippen molar-refractivity contribution in [1.29, 1.82) is 0 Å². The largest absolute Gasteiger partial charge is 0.334 e. The highest BCUT2D eigenvalue weighted by atomic mass is 32.2.